The summed E-state index contributed by atoms with van der Waals surface area (Å²) >= 11 is 0. The van der Waals surface area contributed by atoms with Crippen LogP contribution < -0.4 is 5.32 Å². The van der Waals surface area contributed by atoms with Crippen LogP contribution in [0.25, 0.3) is 0 Å². The molecule has 1 fully saturated rings. The van der Waals surface area contributed by atoms with Crippen LogP contribution in [0.15, 0.2) is 0 Å². The van der Waals surface area contributed by atoms with Crippen molar-refractivity contribution in [3.05, 3.63) is 0 Å². The van der Waals surface area contributed by atoms with E-state index in [4.69, 9.17) is 4.74 Å². The minimum absolute atomic E-state index is 0.0108. The first-order valence-electron chi connectivity index (χ1n) is 4.86. The highest BCUT2D eigenvalue weighted by Gasteiger charge is 2.31. The van der Waals surface area contributed by atoms with E-state index in [2.05, 4.69) is 33.0 Å². The van der Waals surface area contributed by atoms with Crippen molar-refractivity contribution in [2.45, 2.75) is 45.8 Å². The van der Waals surface area contributed by atoms with Crippen LogP contribution in [0, 0.1) is 5.92 Å². The maximum Gasteiger partial charge on any atom is 0.0599 e. The van der Waals surface area contributed by atoms with Crippen LogP contribution in [-0.4, -0.2) is 24.8 Å². The van der Waals surface area contributed by atoms with E-state index in [1.54, 1.807) is 0 Å². The second-order valence-corrected chi connectivity index (χ2v) is 4.73. The number of ether oxygens (including phenoxy) is 1. The Morgan fingerprint density at radius 1 is 1.42 bits per heavy atom. The molecule has 0 spiro atoms. The van der Waals surface area contributed by atoms with Gasteiger partial charge in [0.25, 0.3) is 0 Å². The molecule has 1 aliphatic rings. The van der Waals surface area contributed by atoms with Crippen molar-refractivity contribution in [3.63, 3.8) is 0 Å². The van der Waals surface area contributed by atoms with E-state index in [0.717, 1.165) is 25.1 Å². The average Bonchev–Trinajstić information content (AvgIpc) is 2.57. The summed E-state index contributed by atoms with van der Waals surface area (Å²) in [4.78, 5) is 0. The molecule has 1 rings (SSSR count). The van der Waals surface area contributed by atoms with Gasteiger partial charge in [-0.3, -0.25) is 0 Å². The SMILES string of the molecule is CC1CC1NCCOC(C)(C)C. The Bertz CT molecular complexity index is 139. The lowest BCUT2D eigenvalue weighted by Crippen LogP contribution is -2.28. The first-order chi connectivity index (χ1) is 5.49. The maximum absolute atomic E-state index is 5.58. The van der Waals surface area contributed by atoms with Crippen LogP contribution >= 0.6 is 0 Å². The molecular weight excluding hydrogens is 150 g/mol. The summed E-state index contributed by atoms with van der Waals surface area (Å²) < 4.78 is 5.58. The minimum Gasteiger partial charge on any atom is -0.375 e. The second-order valence-electron chi connectivity index (χ2n) is 4.73. The summed E-state index contributed by atoms with van der Waals surface area (Å²) in [5.74, 6) is 0.889. The molecule has 12 heavy (non-hydrogen) atoms. The number of hydrogen-bond acceptors (Lipinski definition) is 2. The first kappa shape index (κ1) is 10.0. The molecule has 1 aliphatic carbocycles. The van der Waals surface area contributed by atoms with E-state index in [1.165, 1.54) is 6.42 Å². The molecule has 2 unspecified atom stereocenters. The highest BCUT2D eigenvalue weighted by molar-refractivity contribution is 4.89. The quantitative estimate of drug-likeness (QED) is 0.651. The summed E-state index contributed by atoms with van der Waals surface area (Å²) in [6, 6.07) is 0.772. The zero-order valence-corrected chi connectivity index (χ0v) is 8.68. The van der Waals surface area contributed by atoms with Gasteiger partial charge in [0.05, 0.1) is 12.2 Å². The van der Waals surface area contributed by atoms with Gasteiger partial charge in [0, 0.05) is 12.6 Å². The van der Waals surface area contributed by atoms with E-state index in [9.17, 15) is 0 Å². The third kappa shape index (κ3) is 4.07. The highest BCUT2D eigenvalue weighted by Crippen LogP contribution is 2.28. The maximum atomic E-state index is 5.58. The van der Waals surface area contributed by atoms with Crippen molar-refractivity contribution in [1.82, 2.24) is 5.32 Å². The Hall–Kier alpha value is -0.0800. The van der Waals surface area contributed by atoms with Crippen molar-refractivity contribution in [3.8, 4) is 0 Å². The molecule has 0 radical (unpaired) electrons. The second kappa shape index (κ2) is 3.75. The smallest absolute Gasteiger partial charge is 0.0599 e. The molecule has 0 amide bonds. The number of hydrogen-bond donors (Lipinski definition) is 1. The lowest BCUT2D eigenvalue weighted by atomic mass is 10.2. The molecule has 72 valence electrons. The van der Waals surface area contributed by atoms with Gasteiger partial charge in [-0.05, 0) is 33.1 Å². The fraction of sp³-hybridized carbons (Fsp3) is 1.00. The van der Waals surface area contributed by atoms with Crippen LogP contribution in [0.5, 0.6) is 0 Å². The molecule has 2 nitrogen and oxygen atoms in total. The van der Waals surface area contributed by atoms with Crippen molar-refractivity contribution < 1.29 is 4.74 Å². The van der Waals surface area contributed by atoms with Gasteiger partial charge in [-0.1, -0.05) is 6.92 Å². The van der Waals surface area contributed by atoms with Crippen molar-refractivity contribution >= 4 is 0 Å². The van der Waals surface area contributed by atoms with Gasteiger partial charge in [-0.25, -0.2) is 0 Å². The molecule has 2 heteroatoms. The molecule has 0 heterocycles. The van der Waals surface area contributed by atoms with Crippen molar-refractivity contribution in [2.75, 3.05) is 13.2 Å². The van der Waals surface area contributed by atoms with Gasteiger partial charge in [0.1, 0.15) is 0 Å². The van der Waals surface area contributed by atoms with E-state index in [-0.39, 0.29) is 5.60 Å². The Balaban J connectivity index is 1.90. The van der Waals surface area contributed by atoms with Crippen LogP contribution in [-0.2, 0) is 4.74 Å². The van der Waals surface area contributed by atoms with Crippen molar-refractivity contribution in [2.24, 2.45) is 5.92 Å². The van der Waals surface area contributed by atoms with Crippen LogP contribution in [0.1, 0.15) is 34.1 Å². The normalized spacial score (nSPS) is 29.0. The lowest BCUT2D eigenvalue weighted by Gasteiger charge is -2.19. The van der Waals surface area contributed by atoms with Crippen molar-refractivity contribution in [1.29, 1.82) is 0 Å². The standard InChI is InChI=1S/C10H21NO/c1-8-7-9(8)11-5-6-12-10(2,3)4/h8-9,11H,5-7H2,1-4H3. The third-order valence-electron chi connectivity index (χ3n) is 2.15. The van der Waals surface area contributed by atoms with Gasteiger partial charge in [-0.2, -0.15) is 0 Å². The summed E-state index contributed by atoms with van der Waals surface area (Å²) in [5, 5.41) is 3.45. The Kier molecular flexibility index (Phi) is 3.13. The van der Waals surface area contributed by atoms with Crippen LogP contribution in [0.4, 0.5) is 0 Å². The molecule has 0 aliphatic heterocycles. The highest BCUT2D eigenvalue weighted by atomic mass is 16.5. The molecule has 0 aromatic heterocycles. The topological polar surface area (TPSA) is 21.3 Å². The molecule has 1 N–H and O–H groups in total. The largest absolute Gasteiger partial charge is 0.375 e. The average molecular weight is 171 g/mol. The van der Waals surface area contributed by atoms with Gasteiger partial charge in [0.15, 0.2) is 0 Å². The minimum atomic E-state index is 0.0108. The summed E-state index contributed by atoms with van der Waals surface area (Å²) in [6.45, 7) is 10.4. The van der Waals surface area contributed by atoms with Gasteiger partial charge in [-0.15, -0.1) is 0 Å². The van der Waals surface area contributed by atoms with Crippen LogP contribution in [0.2, 0.25) is 0 Å². The fourth-order valence-corrected chi connectivity index (χ4v) is 1.21. The molecule has 0 saturated heterocycles. The Morgan fingerprint density at radius 2 is 2.00 bits per heavy atom. The van der Waals surface area contributed by atoms with Gasteiger partial charge >= 0.3 is 0 Å². The third-order valence-corrected chi connectivity index (χ3v) is 2.15. The lowest BCUT2D eigenvalue weighted by molar-refractivity contribution is -0.000982. The Labute approximate surface area is 75.7 Å². The zero-order valence-electron chi connectivity index (χ0n) is 8.68. The predicted molar refractivity (Wildman–Crippen MR) is 51.3 cm³/mol. The molecule has 1 saturated carbocycles. The van der Waals surface area contributed by atoms with E-state index < -0.39 is 0 Å². The summed E-state index contributed by atoms with van der Waals surface area (Å²) in [6.07, 6.45) is 1.34. The number of rotatable bonds is 4. The summed E-state index contributed by atoms with van der Waals surface area (Å²) in [5.41, 5.74) is 0.0108. The molecule has 0 aromatic carbocycles. The number of nitrogens with one attached hydrogen (secondary N) is 1. The van der Waals surface area contributed by atoms with Crippen LogP contribution in [0.3, 0.4) is 0 Å². The van der Waals surface area contributed by atoms with E-state index in [0.29, 0.717) is 0 Å². The Morgan fingerprint density at radius 3 is 2.42 bits per heavy atom. The monoisotopic (exact) mass is 171 g/mol. The van der Waals surface area contributed by atoms with E-state index in [1.807, 2.05) is 0 Å². The summed E-state index contributed by atoms with van der Waals surface area (Å²) in [7, 11) is 0. The molecule has 0 bridgehead atoms. The predicted octanol–water partition coefficient (Wildman–Crippen LogP) is 1.80. The first-order valence-corrected chi connectivity index (χ1v) is 4.86. The molecule has 0 aromatic rings. The zero-order chi connectivity index (χ0) is 9.19. The van der Waals surface area contributed by atoms with Gasteiger partial charge in [0.2, 0.25) is 0 Å². The fourth-order valence-electron chi connectivity index (χ4n) is 1.21. The van der Waals surface area contributed by atoms with Gasteiger partial charge < -0.3 is 10.1 Å². The molecule has 2 atom stereocenters. The molecular formula is C10H21NO. The van der Waals surface area contributed by atoms with E-state index >= 15 is 0 Å².